The maximum absolute atomic E-state index is 12.8. The highest BCUT2D eigenvalue weighted by atomic mass is 16.5. The van der Waals surface area contributed by atoms with Crippen LogP contribution in [0, 0.1) is 5.41 Å². The van der Waals surface area contributed by atoms with E-state index in [0.717, 1.165) is 37.2 Å². The number of nitrogens with one attached hydrogen (secondary N) is 2. The molecule has 1 aromatic carbocycles. The Hall–Kier alpha value is -2.18. The van der Waals surface area contributed by atoms with Gasteiger partial charge in [-0.2, -0.15) is 5.10 Å². The molecule has 128 valence electrons. The third-order valence-corrected chi connectivity index (χ3v) is 4.65. The molecule has 0 unspecified atom stereocenters. The van der Waals surface area contributed by atoms with E-state index in [-0.39, 0.29) is 5.91 Å². The Morgan fingerprint density at radius 1 is 1.33 bits per heavy atom. The van der Waals surface area contributed by atoms with Crippen LogP contribution < -0.4 is 10.6 Å². The highest BCUT2D eigenvalue weighted by Gasteiger charge is 2.39. The van der Waals surface area contributed by atoms with E-state index >= 15 is 0 Å². The minimum Gasteiger partial charge on any atom is -0.384 e. The Morgan fingerprint density at radius 3 is 2.83 bits per heavy atom. The number of para-hydroxylation sites is 1. The predicted molar refractivity (Wildman–Crippen MR) is 91.8 cm³/mol. The lowest BCUT2D eigenvalue weighted by Crippen LogP contribution is -2.50. The summed E-state index contributed by atoms with van der Waals surface area (Å²) >= 11 is 0. The zero-order valence-electron chi connectivity index (χ0n) is 14.0. The van der Waals surface area contributed by atoms with Crippen LogP contribution in [0.1, 0.15) is 18.4 Å². The van der Waals surface area contributed by atoms with Crippen molar-refractivity contribution in [2.45, 2.75) is 19.4 Å². The lowest BCUT2D eigenvalue weighted by Gasteiger charge is -2.35. The van der Waals surface area contributed by atoms with Gasteiger partial charge in [-0.1, -0.05) is 18.2 Å². The summed E-state index contributed by atoms with van der Waals surface area (Å²) in [6.45, 7) is 2.64. The molecule has 2 heterocycles. The van der Waals surface area contributed by atoms with Crippen molar-refractivity contribution in [1.82, 2.24) is 20.4 Å². The number of methoxy groups -OCH3 is 1. The number of hydrogen-bond acceptors (Lipinski definition) is 4. The smallest absolute Gasteiger partial charge is 0.228 e. The molecule has 0 saturated carbocycles. The van der Waals surface area contributed by atoms with Crippen LogP contribution in [0.15, 0.2) is 42.7 Å². The van der Waals surface area contributed by atoms with E-state index in [4.69, 9.17) is 4.74 Å². The fourth-order valence-electron chi connectivity index (χ4n) is 3.28. The topological polar surface area (TPSA) is 68.2 Å². The first-order valence-corrected chi connectivity index (χ1v) is 8.31. The SMILES string of the molecule is COCC1(C(=O)NCc2ccccc2-n2cccn2)CCNCC1. The van der Waals surface area contributed by atoms with Crippen LogP contribution in [0.4, 0.5) is 0 Å². The van der Waals surface area contributed by atoms with Gasteiger partial charge in [0.05, 0.1) is 17.7 Å². The second-order valence-electron chi connectivity index (χ2n) is 6.23. The van der Waals surface area contributed by atoms with E-state index in [1.165, 1.54) is 0 Å². The number of hydrogen-bond donors (Lipinski definition) is 2. The molecule has 2 aromatic rings. The maximum Gasteiger partial charge on any atom is 0.228 e. The average Bonchev–Trinajstić information content (AvgIpc) is 3.15. The first-order chi connectivity index (χ1) is 11.7. The molecule has 3 rings (SSSR count). The van der Waals surface area contributed by atoms with Crippen molar-refractivity contribution >= 4 is 5.91 Å². The number of aromatic nitrogens is 2. The summed E-state index contributed by atoms with van der Waals surface area (Å²) in [5, 5.41) is 10.7. The highest BCUT2D eigenvalue weighted by molar-refractivity contribution is 5.83. The Labute approximate surface area is 142 Å². The zero-order valence-corrected chi connectivity index (χ0v) is 14.0. The van der Waals surface area contributed by atoms with E-state index in [2.05, 4.69) is 15.7 Å². The molecule has 24 heavy (non-hydrogen) atoms. The van der Waals surface area contributed by atoms with Gasteiger partial charge in [-0.15, -0.1) is 0 Å². The minimum atomic E-state index is -0.430. The van der Waals surface area contributed by atoms with Crippen LogP contribution in [0.5, 0.6) is 0 Å². The van der Waals surface area contributed by atoms with Gasteiger partial charge in [0.1, 0.15) is 0 Å². The molecule has 1 aliphatic rings. The van der Waals surface area contributed by atoms with Crippen molar-refractivity contribution in [3.8, 4) is 5.69 Å². The molecule has 1 saturated heterocycles. The van der Waals surface area contributed by atoms with Crippen LogP contribution >= 0.6 is 0 Å². The van der Waals surface area contributed by atoms with Gasteiger partial charge in [-0.3, -0.25) is 4.79 Å². The van der Waals surface area contributed by atoms with E-state index in [9.17, 15) is 4.79 Å². The van der Waals surface area contributed by atoms with Gasteiger partial charge in [0.15, 0.2) is 0 Å². The molecule has 6 nitrogen and oxygen atoms in total. The van der Waals surface area contributed by atoms with Crippen molar-refractivity contribution in [3.05, 3.63) is 48.3 Å². The molecular weight excluding hydrogens is 304 g/mol. The van der Waals surface area contributed by atoms with Gasteiger partial charge >= 0.3 is 0 Å². The molecule has 1 aromatic heterocycles. The monoisotopic (exact) mass is 328 g/mol. The summed E-state index contributed by atoms with van der Waals surface area (Å²) in [6.07, 6.45) is 5.25. The molecule has 2 N–H and O–H groups in total. The van der Waals surface area contributed by atoms with Gasteiger partial charge < -0.3 is 15.4 Å². The van der Waals surface area contributed by atoms with Crippen LogP contribution in [0.2, 0.25) is 0 Å². The van der Waals surface area contributed by atoms with Crippen molar-refractivity contribution < 1.29 is 9.53 Å². The van der Waals surface area contributed by atoms with Gasteiger partial charge in [-0.05, 0) is 43.6 Å². The Balaban J connectivity index is 1.72. The summed E-state index contributed by atoms with van der Waals surface area (Å²) in [4.78, 5) is 12.8. The second-order valence-corrected chi connectivity index (χ2v) is 6.23. The van der Waals surface area contributed by atoms with Crippen LogP contribution in [0.3, 0.4) is 0 Å². The number of carbonyl (C=O) groups is 1. The molecule has 0 aliphatic carbocycles. The molecule has 6 heteroatoms. The number of benzene rings is 1. The second kappa shape index (κ2) is 7.59. The fraction of sp³-hybridized carbons (Fsp3) is 0.444. The average molecular weight is 328 g/mol. The predicted octanol–water partition coefficient (Wildman–Crippen LogP) is 1.50. The van der Waals surface area contributed by atoms with E-state index in [1.54, 1.807) is 13.3 Å². The number of ether oxygens (including phenoxy) is 1. The van der Waals surface area contributed by atoms with Crippen LogP contribution in [-0.2, 0) is 16.1 Å². The number of amides is 1. The van der Waals surface area contributed by atoms with E-state index in [0.29, 0.717) is 13.2 Å². The van der Waals surface area contributed by atoms with Gasteiger partial charge in [0.2, 0.25) is 5.91 Å². The lowest BCUT2D eigenvalue weighted by atomic mass is 9.78. The maximum atomic E-state index is 12.8. The Morgan fingerprint density at radius 2 is 2.12 bits per heavy atom. The van der Waals surface area contributed by atoms with Crippen molar-refractivity contribution in [2.24, 2.45) is 5.41 Å². The number of nitrogens with zero attached hydrogens (tertiary/aromatic N) is 2. The standard InChI is InChI=1S/C18H24N4O2/c1-24-14-18(7-10-19-11-8-18)17(23)20-13-15-5-2-3-6-16(15)22-12-4-9-21-22/h2-6,9,12,19H,7-8,10-11,13-14H2,1H3,(H,20,23). The zero-order chi connectivity index (χ0) is 16.8. The quantitative estimate of drug-likeness (QED) is 0.843. The molecular formula is C18H24N4O2. The first kappa shape index (κ1) is 16.7. The summed E-state index contributed by atoms with van der Waals surface area (Å²) in [5.74, 6) is 0.0705. The number of carbonyl (C=O) groups excluding carboxylic acids is 1. The Kier molecular flexibility index (Phi) is 5.27. The third kappa shape index (κ3) is 3.49. The highest BCUT2D eigenvalue weighted by Crippen LogP contribution is 2.29. The summed E-state index contributed by atoms with van der Waals surface area (Å²) in [5.41, 5.74) is 1.59. The van der Waals surface area contributed by atoms with Crippen LogP contribution in [0.25, 0.3) is 5.69 Å². The minimum absolute atomic E-state index is 0.0705. The molecule has 1 fully saturated rings. The molecule has 0 radical (unpaired) electrons. The summed E-state index contributed by atoms with van der Waals surface area (Å²) in [6, 6.07) is 9.86. The third-order valence-electron chi connectivity index (χ3n) is 4.65. The van der Waals surface area contributed by atoms with Gasteiger partial charge in [0, 0.05) is 26.0 Å². The molecule has 1 amide bonds. The lowest BCUT2D eigenvalue weighted by molar-refractivity contribution is -0.136. The summed E-state index contributed by atoms with van der Waals surface area (Å²) in [7, 11) is 1.66. The van der Waals surface area contributed by atoms with E-state index < -0.39 is 5.41 Å². The molecule has 1 aliphatic heterocycles. The fourth-order valence-corrected chi connectivity index (χ4v) is 3.28. The molecule has 0 atom stereocenters. The van der Waals surface area contributed by atoms with Gasteiger partial charge in [-0.25, -0.2) is 4.68 Å². The van der Waals surface area contributed by atoms with Crippen LogP contribution in [-0.4, -0.2) is 42.5 Å². The largest absolute Gasteiger partial charge is 0.384 e. The van der Waals surface area contributed by atoms with Crippen molar-refractivity contribution in [3.63, 3.8) is 0 Å². The first-order valence-electron chi connectivity index (χ1n) is 8.31. The van der Waals surface area contributed by atoms with Crippen molar-refractivity contribution in [1.29, 1.82) is 0 Å². The van der Waals surface area contributed by atoms with E-state index in [1.807, 2.05) is 41.2 Å². The van der Waals surface area contributed by atoms with Gasteiger partial charge in [0.25, 0.3) is 0 Å². The molecule has 0 spiro atoms. The number of piperidine rings is 1. The number of rotatable bonds is 6. The van der Waals surface area contributed by atoms with Crippen molar-refractivity contribution in [2.75, 3.05) is 26.8 Å². The molecule has 0 bridgehead atoms. The summed E-state index contributed by atoms with van der Waals surface area (Å²) < 4.78 is 7.15. The Bertz CT molecular complexity index is 658. The normalized spacial score (nSPS) is 16.7.